The Hall–Kier alpha value is -2.82. The second-order valence-electron chi connectivity index (χ2n) is 5.34. The molecule has 0 bridgehead atoms. The van der Waals surface area contributed by atoms with Gasteiger partial charge in [-0.2, -0.15) is 0 Å². The van der Waals surface area contributed by atoms with E-state index in [1.54, 1.807) is 0 Å². The minimum Gasteiger partial charge on any atom is -0.303 e. The number of aldehydes is 1. The third-order valence-corrected chi connectivity index (χ3v) is 4.08. The molecule has 2 aromatic carbocycles. The molecule has 0 radical (unpaired) electrons. The summed E-state index contributed by atoms with van der Waals surface area (Å²) in [4.78, 5) is 33.8. The standard InChI is InChI=1S/C17H13NO4/c19-10-14-15(11-4-2-1-3-5-11)16(14)17(20)12-6-8-13(9-7-12)18(21)22/h1-10,14-16H/t14-,15-,16-/m1/s1. The highest BCUT2D eigenvalue weighted by molar-refractivity contribution is 6.03. The zero-order chi connectivity index (χ0) is 15.7. The van der Waals surface area contributed by atoms with Crippen LogP contribution in [0.2, 0.25) is 0 Å². The fourth-order valence-electron chi connectivity index (χ4n) is 2.89. The summed E-state index contributed by atoms with van der Waals surface area (Å²) in [6, 6.07) is 15.0. The number of carbonyl (C=O) groups is 2. The van der Waals surface area contributed by atoms with E-state index in [-0.39, 0.29) is 29.2 Å². The molecule has 1 saturated carbocycles. The first-order valence-electron chi connectivity index (χ1n) is 6.92. The molecule has 0 spiro atoms. The van der Waals surface area contributed by atoms with Crippen LogP contribution >= 0.6 is 0 Å². The van der Waals surface area contributed by atoms with Crippen molar-refractivity contribution in [1.82, 2.24) is 0 Å². The number of carbonyl (C=O) groups excluding carboxylic acids is 2. The maximum atomic E-state index is 12.5. The number of nitrogens with zero attached hydrogens (tertiary/aromatic N) is 1. The minimum atomic E-state index is -0.508. The van der Waals surface area contributed by atoms with Crippen molar-refractivity contribution >= 4 is 17.8 Å². The molecule has 22 heavy (non-hydrogen) atoms. The van der Waals surface area contributed by atoms with E-state index >= 15 is 0 Å². The lowest BCUT2D eigenvalue weighted by Gasteiger charge is -2.01. The lowest BCUT2D eigenvalue weighted by atomic mass is 10.0. The van der Waals surface area contributed by atoms with Gasteiger partial charge in [-0.25, -0.2) is 0 Å². The van der Waals surface area contributed by atoms with E-state index in [9.17, 15) is 19.7 Å². The van der Waals surface area contributed by atoms with Gasteiger partial charge in [-0.1, -0.05) is 30.3 Å². The molecule has 2 aromatic rings. The van der Waals surface area contributed by atoms with Gasteiger partial charge >= 0.3 is 0 Å². The quantitative estimate of drug-likeness (QED) is 0.367. The summed E-state index contributed by atoms with van der Waals surface area (Å²) in [6.45, 7) is 0. The van der Waals surface area contributed by atoms with Crippen molar-refractivity contribution in [2.75, 3.05) is 0 Å². The van der Waals surface area contributed by atoms with Gasteiger partial charge in [0, 0.05) is 35.4 Å². The van der Waals surface area contributed by atoms with Gasteiger partial charge in [0.15, 0.2) is 5.78 Å². The largest absolute Gasteiger partial charge is 0.303 e. The van der Waals surface area contributed by atoms with Crippen LogP contribution in [0.15, 0.2) is 54.6 Å². The van der Waals surface area contributed by atoms with Crippen molar-refractivity contribution in [2.24, 2.45) is 11.8 Å². The Morgan fingerprint density at radius 3 is 2.23 bits per heavy atom. The number of hydrogen-bond acceptors (Lipinski definition) is 4. The van der Waals surface area contributed by atoms with Crippen molar-refractivity contribution in [1.29, 1.82) is 0 Å². The molecule has 5 heteroatoms. The maximum absolute atomic E-state index is 12.5. The number of benzene rings is 2. The maximum Gasteiger partial charge on any atom is 0.269 e. The highest BCUT2D eigenvalue weighted by Crippen LogP contribution is 2.54. The number of Topliss-reactive ketones (excluding diaryl/α,β-unsaturated/α-hetero) is 1. The van der Waals surface area contributed by atoms with Gasteiger partial charge in [0.05, 0.1) is 4.92 Å². The van der Waals surface area contributed by atoms with Gasteiger partial charge in [0.2, 0.25) is 0 Å². The van der Waals surface area contributed by atoms with E-state index in [1.165, 1.54) is 24.3 Å². The Labute approximate surface area is 126 Å². The van der Waals surface area contributed by atoms with Gasteiger partial charge in [-0.15, -0.1) is 0 Å². The third-order valence-electron chi connectivity index (χ3n) is 4.08. The Morgan fingerprint density at radius 2 is 1.68 bits per heavy atom. The second kappa shape index (κ2) is 5.52. The molecule has 3 rings (SSSR count). The van der Waals surface area contributed by atoms with Crippen molar-refractivity contribution in [3.63, 3.8) is 0 Å². The highest BCUT2D eigenvalue weighted by Gasteiger charge is 2.55. The molecule has 3 atom stereocenters. The Balaban J connectivity index is 1.83. The van der Waals surface area contributed by atoms with Crippen LogP contribution in [0.25, 0.3) is 0 Å². The van der Waals surface area contributed by atoms with Gasteiger partial charge in [0.1, 0.15) is 6.29 Å². The number of non-ortho nitro benzene ring substituents is 1. The number of rotatable bonds is 5. The minimum absolute atomic E-state index is 0.0566. The summed E-state index contributed by atoms with van der Waals surface area (Å²) >= 11 is 0. The zero-order valence-electron chi connectivity index (χ0n) is 11.6. The summed E-state index contributed by atoms with van der Waals surface area (Å²) in [7, 11) is 0. The van der Waals surface area contributed by atoms with Gasteiger partial charge in [0.25, 0.3) is 5.69 Å². The molecule has 1 aliphatic carbocycles. The van der Waals surface area contributed by atoms with E-state index in [0.717, 1.165) is 11.8 Å². The number of nitro benzene ring substituents is 1. The predicted molar refractivity (Wildman–Crippen MR) is 79.7 cm³/mol. The van der Waals surface area contributed by atoms with Crippen LogP contribution in [-0.2, 0) is 4.79 Å². The van der Waals surface area contributed by atoms with E-state index in [2.05, 4.69) is 0 Å². The number of hydrogen-bond donors (Lipinski definition) is 0. The fourth-order valence-corrected chi connectivity index (χ4v) is 2.89. The number of nitro groups is 1. The summed E-state index contributed by atoms with van der Waals surface area (Å²) < 4.78 is 0. The summed E-state index contributed by atoms with van der Waals surface area (Å²) in [5.74, 6) is -0.923. The molecule has 1 aliphatic rings. The van der Waals surface area contributed by atoms with E-state index in [1.807, 2.05) is 30.3 Å². The van der Waals surface area contributed by atoms with E-state index in [0.29, 0.717) is 5.56 Å². The second-order valence-corrected chi connectivity index (χ2v) is 5.34. The number of ketones is 1. The lowest BCUT2D eigenvalue weighted by Crippen LogP contribution is -2.04. The van der Waals surface area contributed by atoms with E-state index in [4.69, 9.17) is 0 Å². The molecule has 5 nitrogen and oxygen atoms in total. The van der Waals surface area contributed by atoms with Crippen LogP contribution in [-0.4, -0.2) is 17.0 Å². The van der Waals surface area contributed by atoms with Crippen LogP contribution < -0.4 is 0 Å². The van der Waals surface area contributed by atoms with Gasteiger partial charge in [-0.05, 0) is 17.7 Å². The molecule has 110 valence electrons. The van der Waals surface area contributed by atoms with Crippen molar-refractivity contribution in [3.05, 3.63) is 75.8 Å². The van der Waals surface area contributed by atoms with Crippen molar-refractivity contribution in [3.8, 4) is 0 Å². The molecule has 0 heterocycles. The summed E-state index contributed by atoms with van der Waals surface area (Å²) in [5.41, 5.74) is 1.32. The van der Waals surface area contributed by atoms with Crippen LogP contribution in [0.4, 0.5) is 5.69 Å². The van der Waals surface area contributed by atoms with Crippen molar-refractivity contribution < 1.29 is 14.5 Å². The van der Waals surface area contributed by atoms with Gasteiger partial charge < -0.3 is 4.79 Å². The van der Waals surface area contributed by atoms with Crippen LogP contribution in [0, 0.1) is 22.0 Å². The van der Waals surface area contributed by atoms with Crippen LogP contribution in [0.5, 0.6) is 0 Å². The highest BCUT2D eigenvalue weighted by atomic mass is 16.6. The average Bonchev–Trinajstić information content (AvgIpc) is 3.29. The molecule has 0 N–H and O–H groups in total. The first kappa shape index (κ1) is 14.1. The average molecular weight is 295 g/mol. The zero-order valence-corrected chi connectivity index (χ0v) is 11.6. The molecular formula is C17H13NO4. The first-order chi connectivity index (χ1) is 10.6. The predicted octanol–water partition coefficient (Wildman–Crippen LogP) is 3.01. The summed E-state index contributed by atoms with van der Waals surface area (Å²) in [5, 5.41) is 10.6. The molecule has 0 aliphatic heterocycles. The van der Waals surface area contributed by atoms with Gasteiger partial charge in [-0.3, -0.25) is 14.9 Å². The SMILES string of the molecule is O=C[C@H]1[C@@H](C(=O)c2ccc([N+](=O)[O-])cc2)[C@@H]1c1ccccc1. The molecule has 0 unspecified atom stereocenters. The molecule has 0 saturated heterocycles. The Morgan fingerprint density at radius 1 is 1.05 bits per heavy atom. The molecule has 0 aromatic heterocycles. The third kappa shape index (κ3) is 2.41. The van der Waals surface area contributed by atoms with Crippen LogP contribution in [0.1, 0.15) is 21.8 Å². The Bertz CT molecular complexity index is 724. The summed E-state index contributed by atoms with van der Waals surface area (Å²) in [6.07, 6.45) is 0.825. The van der Waals surface area contributed by atoms with Crippen LogP contribution in [0.3, 0.4) is 0 Å². The molecule has 0 amide bonds. The smallest absolute Gasteiger partial charge is 0.269 e. The van der Waals surface area contributed by atoms with E-state index < -0.39 is 4.92 Å². The Kier molecular flexibility index (Phi) is 3.55. The first-order valence-corrected chi connectivity index (χ1v) is 6.92. The topological polar surface area (TPSA) is 77.3 Å². The monoisotopic (exact) mass is 295 g/mol. The van der Waals surface area contributed by atoms with Crippen molar-refractivity contribution in [2.45, 2.75) is 5.92 Å². The molecular weight excluding hydrogens is 282 g/mol. The fraction of sp³-hybridized carbons (Fsp3) is 0.176. The molecule has 1 fully saturated rings. The lowest BCUT2D eigenvalue weighted by molar-refractivity contribution is -0.384. The normalized spacial score (nSPS) is 22.8.